The van der Waals surface area contributed by atoms with E-state index in [1.54, 1.807) is 12.1 Å². The van der Waals surface area contributed by atoms with Crippen LogP contribution in [0.15, 0.2) is 72.8 Å². The summed E-state index contributed by atoms with van der Waals surface area (Å²) in [7, 11) is 0. The zero-order valence-corrected chi connectivity index (χ0v) is 14.9. The highest BCUT2D eigenvalue weighted by Crippen LogP contribution is 2.26. The van der Waals surface area contributed by atoms with E-state index in [9.17, 15) is 14.9 Å². The number of carbonyl (C=O) groups is 1. The average Bonchev–Trinajstić information content (AvgIpc) is 2.67. The number of nitrogens with one attached hydrogen (secondary N) is 1. The Morgan fingerprint density at radius 1 is 1.00 bits per heavy atom. The zero-order valence-electron chi connectivity index (χ0n) is 14.1. The number of nitrogens with zero attached hydrogens (tertiary/aromatic N) is 1. The van der Waals surface area contributed by atoms with E-state index in [0.29, 0.717) is 5.02 Å². The van der Waals surface area contributed by atoms with Gasteiger partial charge >= 0.3 is 0 Å². The molecule has 0 fully saturated rings. The molecule has 27 heavy (non-hydrogen) atoms. The molecule has 0 bridgehead atoms. The molecule has 136 valence electrons. The van der Waals surface area contributed by atoms with Crippen LogP contribution in [0.3, 0.4) is 0 Å². The molecule has 0 spiro atoms. The number of nitro groups is 1. The van der Waals surface area contributed by atoms with Gasteiger partial charge in [0.2, 0.25) is 0 Å². The summed E-state index contributed by atoms with van der Waals surface area (Å²) in [5, 5.41) is 14.6. The van der Waals surface area contributed by atoms with E-state index in [0.717, 1.165) is 11.1 Å². The van der Waals surface area contributed by atoms with E-state index in [1.807, 2.05) is 42.5 Å². The molecule has 0 radical (unpaired) electrons. The number of rotatable bonds is 5. The zero-order chi connectivity index (χ0) is 19.4. The van der Waals surface area contributed by atoms with Gasteiger partial charge in [0.1, 0.15) is 5.69 Å². The second-order valence-electron chi connectivity index (χ2n) is 5.90. The molecule has 1 atom stereocenters. The number of nitrogens with two attached hydrogens (primary N) is 1. The summed E-state index contributed by atoms with van der Waals surface area (Å²) in [6.45, 7) is 0. The lowest BCUT2D eigenvalue weighted by Gasteiger charge is -2.20. The molecule has 0 aromatic heterocycles. The molecule has 3 aromatic carbocycles. The number of benzene rings is 3. The Balaban J connectivity index is 1.95. The third kappa shape index (κ3) is 4.24. The molecular formula is C20H16ClN3O3. The van der Waals surface area contributed by atoms with Crippen molar-refractivity contribution in [1.29, 1.82) is 0 Å². The summed E-state index contributed by atoms with van der Waals surface area (Å²) in [5.74, 6) is -0.443. The second kappa shape index (κ2) is 7.88. The van der Waals surface area contributed by atoms with Crippen LogP contribution in [0.25, 0.3) is 0 Å². The van der Waals surface area contributed by atoms with E-state index in [-0.39, 0.29) is 16.9 Å². The van der Waals surface area contributed by atoms with Crippen molar-refractivity contribution in [3.63, 3.8) is 0 Å². The van der Waals surface area contributed by atoms with Crippen molar-refractivity contribution in [1.82, 2.24) is 5.32 Å². The van der Waals surface area contributed by atoms with E-state index in [1.165, 1.54) is 18.2 Å². The molecule has 3 N–H and O–H groups in total. The molecule has 1 unspecified atom stereocenters. The quantitative estimate of drug-likeness (QED) is 0.390. The summed E-state index contributed by atoms with van der Waals surface area (Å²) in [5.41, 5.74) is 7.18. The molecule has 0 aliphatic carbocycles. The van der Waals surface area contributed by atoms with Crippen LogP contribution in [0.2, 0.25) is 5.02 Å². The molecule has 1 amide bonds. The van der Waals surface area contributed by atoms with Gasteiger partial charge in [0.25, 0.3) is 11.6 Å². The van der Waals surface area contributed by atoms with Gasteiger partial charge in [-0.1, -0.05) is 54.1 Å². The highest BCUT2D eigenvalue weighted by atomic mass is 35.5. The van der Waals surface area contributed by atoms with Gasteiger partial charge < -0.3 is 11.1 Å². The monoisotopic (exact) mass is 381 g/mol. The summed E-state index contributed by atoms with van der Waals surface area (Å²) in [6, 6.07) is 20.1. The van der Waals surface area contributed by atoms with Gasteiger partial charge in [0.05, 0.1) is 11.0 Å². The minimum atomic E-state index is -0.611. The molecule has 0 aliphatic heterocycles. The predicted molar refractivity (Wildman–Crippen MR) is 105 cm³/mol. The Morgan fingerprint density at radius 2 is 1.63 bits per heavy atom. The highest BCUT2D eigenvalue weighted by molar-refractivity contribution is 6.30. The first kappa shape index (κ1) is 18.4. The summed E-state index contributed by atoms with van der Waals surface area (Å²) in [6.07, 6.45) is 0. The van der Waals surface area contributed by atoms with Crippen molar-refractivity contribution in [3.05, 3.63) is 105 Å². The van der Waals surface area contributed by atoms with Gasteiger partial charge in [-0.15, -0.1) is 0 Å². The van der Waals surface area contributed by atoms with E-state index >= 15 is 0 Å². The van der Waals surface area contributed by atoms with Crippen molar-refractivity contribution < 1.29 is 9.72 Å². The fourth-order valence-corrected chi connectivity index (χ4v) is 2.84. The number of nitrogen functional groups attached to an aromatic ring is 1. The molecule has 3 rings (SSSR count). The lowest BCUT2D eigenvalue weighted by molar-refractivity contribution is -0.383. The van der Waals surface area contributed by atoms with Crippen LogP contribution in [-0.4, -0.2) is 10.8 Å². The Kier molecular flexibility index (Phi) is 5.38. The Morgan fingerprint density at radius 3 is 2.26 bits per heavy atom. The number of carbonyl (C=O) groups excluding carboxylic acids is 1. The maximum Gasteiger partial charge on any atom is 0.292 e. The van der Waals surface area contributed by atoms with Crippen LogP contribution in [0, 0.1) is 10.1 Å². The number of hydrogen-bond acceptors (Lipinski definition) is 4. The van der Waals surface area contributed by atoms with Gasteiger partial charge in [-0.05, 0) is 35.4 Å². The molecule has 0 saturated heterocycles. The third-order valence-corrected chi connectivity index (χ3v) is 4.35. The number of anilines is 1. The fraction of sp³-hybridized carbons (Fsp3) is 0.0500. The predicted octanol–water partition coefficient (Wildman–Crippen LogP) is 4.35. The smallest absolute Gasteiger partial charge is 0.292 e. The molecule has 0 aliphatic rings. The largest absolute Gasteiger partial charge is 0.393 e. The van der Waals surface area contributed by atoms with Gasteiger partial charge in [-0.25, -0.2) is 0 Å². The van der Waals surface area contributed by atoms with Crippen molar-refractivity contribution in [3.8, 4) is 0 Å². The summed E-state index contributed by atoms with van der Waals surface area (Å²) in [4.78, 5) is 23.2. The first-order valence-electron chi connectivity index (χ1n) is 8.11. The normalized spacial score (nSPS) is 11.6. The SMILES string of the molecule is Nc1ccc(C(=O)NC(c2ccccc2)c2ccc(Cl)cc2)cc1[N+](=O)[O-]. The van der Waals surface area contributed by atoms with Crippen molar-refractivity contribution in [2.45, 2.75) is 6.04 Å². The van der Waals surface area contributed by atoms with E-state index in [2.05, 4.69) is 5.32 Å². The lowest BCUT2D eigenvalue weighted by atomic mass is 9.98. The van der Waals surface area contributed by atoms with Crippen LogP contribution >= 0.6 is 11.6 Å². The topological polar surface area (TPSA) is 98.3 Å². The number of nitro benzene ring substituents is 1. The van der Waals surface area contributed by atoms with Crippen LogP contribution in [0.5, 0.6) is 0 Å². The first-order valence-corrected chi connectivity index (χ1v) is 8.48. The van der Waals surface area contributed by atoms with Crippen LogP contribution in [0.1, 0.15) is 27.5 Å². The summed E-state index contributed by atoms with van der Waals surface area (Å²) < 4.78 is 0. The minimum Gasteiger partial charge on any atom is -0.393 e. The van der Waals surface area contributed by atoms with Crippen LogP contribution in [0.4, 0.5) is 11.4 Å². The van der Waals surface area contributed by atoms with E-state index < -0.39 is 16.9 Å². The van der Waals surface area contributed by atoms with Gasteiger partial charge in [-0.3, -0.25) is 14.9 Å². The molecule has 6 nitrogen and oxygen atoms in total. The van der Waals surface area contributed by atoms with E-state index in [4.69, 9.17) is 17.3 Å². The molecule has 7 heteroatoms. The number of halogens is 1. The van der Waals surface area contributed by atoms with Gasteiger partial charge in [0, 0.05) is 16.7 Å². The first-order chi connectivity index (χ1) is 13.0. The fourth-order valence-electron chi connectivity index (χ4n) is 2.72. The van der Waals surface area contributed by atoms with Gasteiger partial charge in [-0.2, -0.15) is 0 Å². The van der Waals surface area contributed by atoms with Gasteiger partial charge in [0.15, 0.2) is 0 Å². The lowest BCUT2D eigenvalue weighted by Crippen LogP contribution is -2.29. The molecular weight excluding hydrogens is 366 g/mol. The number of hydrogen-bond donors (Lipinski definition) is 2. The number of amides is 1. The average molecular weight is 382 g/mol. The maximum atomic E-state index is 12.8. The van der Waals surface area contributed by atoms with Crippen LogP contribution < -0.4 is 11.1 Å². The third-order valence-electron chi connectivity index (χ3n) is 4.10. The Bertz CT molecular complexity index is 976. The maximum absolute atomic E-state index is 12.8. The molecule has 0 saturated carbocycles. The minimum absolute atomic E-state index is 0.00820. The van der Waals surface area contributed by atoms with Crippen molar-refractivity contribution >= 4 is 28.9 Å². The molecule has 0 heterocycles. The van der Waals surface area contributed by atoms with Crippen molar-refractivity contribution in [2.24, 2.45) is 0 Å². The summed E-state index contributed by atoms with van der Waals surface area (Å²) >= 11 is 5.96. The standard InChI is InChI=1S/C20H16ClN3O3/c21-16-9-6-14(7-10-16)19(13-4-2-1-3-5-13)23-20(25)15-8-11-17(22)18(12-15)24(26)27/h1-12,19H,22H2,(H,23,25). The molecule has 3 aromatic rings. The van der Waals surface area contributed by atoms with Crippen molar-refractivity contribution in [2.75, 3.05) is 5.73 Å². The van der Waals surface area contributed by atoms with Crippen LogP contribution in [-0.2, 0) is 0 Å². The Labute approximate surface area is 160 Å². The Hall–Kier alpha value is -3.38. The second-order valence-corrected chi connectivity index (χ2v) is 6.34. The highest BCUT2D eigenvalue weighted by Gasteiger charge is 2.20.